The highest BCUT2D eigenvalue weighted by Crippen LogP contribution is 2.40. The van der Waals surface area contributed by atoms with Crippen LogP contribution in [0.25, 0.3) is 22.4 Å². The summed E-state index contributed by atoms with van der Waals surface area (Å²) in [4.78, 5) is 34.1. The van der Waals surface area contributed by atoms with E-state index in [-0.39, 0.29) is 12.3 Å². The Kier molecular flexibility index (Phi) is 7.67. The maximum atomic E-state index is 12.8. The highest BCUT2D eigenvalue weighted by atomic mass is 32.2. The Balaban J connectivity index is 1.26. The van der Waals surface area contributed by atoms with Crippen LogP contribution in [0.3, 0.4) is 0 Å². The number of nitrogens with one attached hydrogen (secondary N) is 1. The van der Waals surface area contributed by atoms with E-state index >= 15 is 0 Å². The molecule has 1 amide bonds. The number of aromatic nitrogens is 2. The molecule has 0 fully saturated rings. The number of methoxy groups -OCH3 is 1. The third-order valence-electron chi connectivity index (χ3n) is 5.58. The molecule has 0 spiro atoms. The lowest BCUT2D eigenvalue weighted by molar-refractivity contribution is -0.115. The molecule has 188 valence electrons. The fourth-order valence-corrected chi connectivity index (χ4v) is 5.59. The Hall–Kier alpha value is -3.89. The lowest BCUT2D eigenvalue weighted by atomic mass is 10.0. The summed E-state index contributed by atoms with van der Waals surface area (Å²) in [7, 11) is 1.32. The van der Waals surface area contributed by atoms with E-state index in [1.165, 1.54) is 36.5 Å². The number of hydrogen-bond acceptors (Lipinski definition) is 9. The van der Waals surface area contributed by atoms with Gasteiger partial charge in [-0.05, 0) is 23.8 Å². The van der Waals surface area contributed by atoms with Gasteiger partial charge >= 0.3 is 5.97 Å². The molecular formula is C27H23N3O5S2. The number of carbonyl (C=O) groups excluding carboxylic acids is 2. The van der Waals surface area contributed by atoms with Crippen LogP contribution in [0.1, 0.15) is 16.8 Å². The number of rotatable bonds is 8. The van der Waals surface area contributed by atoms with Gasteiger partial charge in [0.25, 0.3) is 0 Å². The van der Waals surface area contributed by atoms with Crippen LogP contribution >= 0.6 is 23.1 Å². The van der Waals surface area contributed by atoms with E-state index in [0.717, 1.165) is 21.8 Å². The van der Waals surface area contributed by atoms with Crippen LogP contribution in [0.5, 0.6) is 11.5 Å². The fourth-order valence-electron chi connectivity index (χ4n) is 3.80. The average Bonchev–Trinajstić information content (AvgIpc) is 3.36. The lowest BCUT2D eigenvalue weighted by Crippen LogP contribution is -2.15. The second-order valence-corrected chi connectivity index (χ2v) is 9.95. The van der Waals surface area contributed by atoms with Gasteiger partial charge in [-0.15, -0.1) is 23.1 Å². The molecule has 0 atom stereocenters. The van der Waals surface area contributed by atoms with Crippen LogP contribution < -0.4 is 14.8 Å². The molecule has 1 aliphatic rings. The summed E-state index contributed by atoms with van der Waals surface area (Å²) in [6, 6.07) is 17.3. The molecule has 0 bridgehead atoms. The number of thiophene rings is 1. The number of ether oxygens (including phenoxy) is 3. The number of hydrogen-bond donors (Lipinski definition) is 1. The fraction of sp³-hybridized carbons (Fsp3) is 0.185. The molecule has 0 unspecified atom stereocenters. The maximum Gasteiger partial charge on any atom is 0.341 e. The van der Waals surface area contributed by atoms with Gasteiger partial charge in [0.1, 0.15) is 30.1 Å². The number of nitrogens with zero attached hydrogens (tertiary/aromatic N) is 2. The summed E-state index contributed by atoms with van der Waals surface area (Å²) in [5, 5.41) is 5.94. The number of thioether (sulfide) groups is 1. The van der Waals surface area contributed by atoms with Gasteiger partial charge in [0.05, 0.1) is 17.8 Å². The molecule has 4 aromatic rings. The predicted molar refractivity (Wildman–Crippen MR) is 144 cm³/mol. The van der Waals surface area contributed by atoms with E-state index in [1.807, 2.05) is 60.0 Å². The van der Waals surface area contributed by atoms with Gasteiger partial charge in [0, 0.05) is 28.7 Å². The highest BCUT2D eigenvalue weighted by molar-refractivity contribution is 7.99. The minimum Gasteiger partial charge on any atom is -0.486 e. The monoisotopic (exact) mass is 533 g/mol. The van der Waals surface area contributed by atoms with Gasteiger partial charge < -0.3 is 19.5 Å². The first kappa shape index (κ1) is 24.8. The van der Waals surface area contributed by atoms with Crippen LogP contribution in [-0.2, 0) is 9.53 Å². The second-order valence-electron chi connectivity index (χ2n) is 7.96. The molecule has 0 saturated carbocycles. The Labute approximate surface area is 222 Å². The number of benzene rings is 2. The molecule has 2 aromatic heterocycles. The first-order valence-corrected chi connectivity index (χ1v) is 13.4. The van der Waals surface area contributed by atoms with Crippen LogP contribution in [0.4, 0.5) is 5.00 Å². The summed E-state index contributed by atoms with van der Waals surface area (Å²) in [6.07, 6.45) is 1.77. The molecule has 1 aliphatic heterocycles. The van der Waals surface area contributed by atoms with E-state index in [4.69, 9.17) is 14.2 Å². The summed E-state index contributed by atoms with van der Waals surface area (Å²) in [5.41, 5.74) is 3.58. The molecule has 37 heavy (non-hydrogen) atoms. The third-order valence-corrected chi connectivity index (χ3v) is 7.40. The van der Waals surface area contributed by atoms with Crippen molar-refractivity contribution < 1.29 is 23.8 Å². The van der Waals surface area contributed by atoms with Crippen molar-refractivity contribution in [1.82, 2.24) is 9.97 Å². The number of esters is 1. The molecule has 0 saturated heterocycles. The maximum absolute atomic E-state index is 12.8. The summed E-state index contributed by atoms with van der Waals surface area (Å²) in [6.45, 7) is 0.962. The zero-order valence-corrected chi connectivity index (χ0v) is 21.6. The average molecular weight is 534 g/mol. The summed E-state index contributed by atoms with van der Waals surface area (Å²) < 4.78 is 16.3. The molecule has 10 heteroatoms. The van der Waals surface area contributed by atoms with E-state index < -0.39 is 5.97 Å². The van der Waals surface area contributed by atoms with Crippen molar-refractivity contribution in [3.8, 4) is 33.9 Å². The standard InChI is InChI=1S/C27H23N3O5S2/c1-33-27(32)25-19(18-7-8-21-22(13-18)35-11-10-34-21)15-37-26(25)30-23(31)9-12-36-24-14-20(28-16-29-24)17-5-3-2-4-6-17/h2-8,13-16H,9-12H2,1H3,(H,30,31). The molecular weight excluding hydrogens is 510 g/mol. The first-order valence-electron chi connectivity index (χ1n) is 11.5. The molecule has 0 aliphatic carbocycles. The smallest absolute Gasteiger partial charge is 0.341 e. The Bertz CT molecular complexity index is 1420. The lowest BCUT2D eigenvalue weighted by Gasteiger charge is -2.19. The van der Waals surface area contributed by atoms with E-state index in [9.17, 15) is 9.59 Å². The Morgan fingerprint density at radius 3 is 2.65 bits per heavy atom. The van der Waals surface area contributed by atoms with Gasteiger partial charge in [-0.25, -0.2) is 14.8 Å². The topological polar surface area (TPSA) is 99.6 Å². The van der Waals surface area contributed by atoms with Crippen LogP contribution in [-0.4, -0.2) is 47.9 Å². The van der Waals surface area contributed by atoms with Crippen LogP contribution in [0.15, 0.2) is 71.3 Å². The molecule has 2 aromatic carbocycles. The number of carbonyl (C=O) groups is 2. The van der Waals surface area contributed by atoms with Gasteiger partial charge in [0.2, 0.25) is 5.91 Å². The molecule has 8 nitrogen and oxygen atoms in total. The van der Waals surface area contributed by atoms with Crippen molar-refractivity contribution in [2.24, 2.45) is 0 Å². The Morgan fingerprint density at radius 2 is 1.84 bits per heavy atom. The third kappa shape index (κ3) is 5.76. The van der Waals surface area contributed by atoms with Gasteiger partial charge in [-0.1, -0.05) is 36.4 Å². The SMILES string of the molecule is COC(=O)c1c(-c2ccc3c(c2)OCCO3)csc1NC(=O)CCSc1cc(-c2ccccc2)ncn1. The minimum absolute atomic E-state index is 0.203. The largest absolute Gasteiger partial charge is 0.486 e. The van der Waals surface area contributed by atoms with Crippen molar-refractivity contribution in [2.45, 2.75) is 11.4 Å². The summed E-state index contributed by atoms with van der Waals surface area (Å²) in [5.74, 6) is 1.07. The van der Waals surface area contributed by atoms with Crippen molar-refractivity contribution in [3.05, 3.63) is 71.9 Å². The molecule has 5 rings (SSSR count). The van der Waals surface area contributed by atoms with Crippen LogP contribution in [0.2, 0.25) is 0 Å². The molecule has 1 N–H and O–H groups in total. The highest BCUT2D eigenvalue weighted by Gasteiger charge is 2.23. The van der Waals surface area contributed by atoms with Gasteiger partial charge in [-0.2, -0.15) is 0 Å². The van der Waals surface area contributed by atoms with Crippen molar-refractivity contribution in [2.75, 3.05) is 31.4 Å². The van der Waals surface area contributed by atoms with Crippen molar-refractivity contribution >= 4 is 40.0 Å². The predicted octanol–water partition coefficient (Wildman–Crippen LogP) is 5.55. The van der Waals surface area contributed by atoms with E-state index in [0.29, 0.717) is 46.6 Å². The quantitative estimate of drug-likeness (QED) is 0.179. The molecule has 3 heterocycles. The zero-order valence-electron chi connectivity index (χ0n) is 19.9. The van der Waals surface area contributed by atoms with Crippen LogP contribution in [0, 0.1) is 0 Å². The summed E-state index contributed by atoms with van der Waals surface area (Å²) >= 11 is 2.75. The van der Waals surface area contributed by atoms with Crippen molar-refractivity contribution in [1.29, 1.82) is 0 Å². The number of anilines is 1. The van der Waals surface area contributed by atoms with E-state index in [1.54, 1.807) is 0 Å². The molecule has 0 radical (unpaired) electrons. The Morgan fingerprint density at radius 1 is 1.03 bits per heavy atom. The minimum atomic E-state index is -0.523. The normalized spacial score (nSPS) is 12.1. The van der Waals surface area contributed by atoms with E-state index in [2.05, 4.69) is 15.3 Å². The first-order chi connectivity index (χ1) is 18.1. The van der Waals surface area contributed by atoms with Crippen molar-refractivity contribution in [3.63, 3.8) is 0 Å². The number of fused-ring (bicyclic) bond motifs is 1. The second kappa shape index (κ2) is 11.4. The zero-order chi connectivity index (χ0) is 25.6. The number of amides is 1. The van der Waals surface area contributed by atoms with Gasteiger partial charge in [0.15, 0.2) is 11.5 Å². The van der Waals surface area contributed by atoms with Gasteiger partial charge in [-0.3, -0.25) is 4.79 Å².